The Morgan fingerprint density at radius 2 is 2.17 bits per heavy atom. The first kappa shape index (κ1) is 12.3. The van der Waals surface area contributed by atoms with E-state index in [0.717, 1.165) is 17.9 Å². The zero-order valence-corrected chi connectivity index (χ0v) is 10.4. The zero-order chi connectivity index (χ0) is 12.8. The van der Waals surface area contributed by atoms with E-state index in [2.05, 4.69) is 16.4 Å². The number of imidazole rings is 1. The number of likely N-dealkylation sites (N-methyl/N-ethyl adjacent to an activating group) is 1. The highest BCUT2D eigenvalue weighted by Crippen LogP contribution is 2.16. The molecule has 1 aromatic heterocycles. The lowest BCUT2D eigenvalue weighted by atomic mass is 10.2. The molecule has 0 bridgehead atoms. The molecule has 4 heteroatoms. The first-order valence-electron chi connectivity index (χ1n) is 6.04. The molecule has 1 heterocycles. The van der Waals surface area contributed by atoms with Crippen molar-refractivity contribution in [2.75, 3.05) is 6.54 Å². The van der Waals surface area contributed by atoms with Gasteiger partial charge in [0.15, 0.2) is 0 Å². The van der Waals surface area contributed by atoms with Crippen molar-refractivity contribution in [2.45, 2.75) is 19.5 Å². The topological polar surface area (TPSA) is 53.6 Å². The van der Waals surface area contributed by atoms with Crippen molar-refractivity contribution < 1.29 is 0 Å². The van der Waals surface area contributed by atoms with Crippen LogP contribution in [0, 0.1) is 11.3 Å². The maximum absolute atomic E-state index is 9.07. The molecule has 92 valence electrons. The lowest BCUT2D eigenvalue weighted by Gasteiger charge is -2.13. The van der Waals surface area contributed by atoms with E-state index in [9.17, 15) is 0 Å². The third kappa shape index (κ3) is 2.76. The van der Waals surface area contributed by atoms with E-state index in [4.69, 9.17) is 5.26 Å². The van der Waals surface area contributed by atoms with Crippen LogP contribution in [0.25, 0.3) is 11.4 Å². The average Bonchev–Trinajstić information content (AvgIpc) is 2.87. The molecule has 1 unspecified atom stereocenters. The molecule has 0 fully saturated rings. The van der Waals surface area contributed by atoms with Crippen LogP contribution in [-0.2, 0) is 6.54 Å². The quantitative estimate of drug-likeness (QED) is 0.870. The molecule has 0 aliphatic carbocycles. The first-order valence-corrected chi connectivity index (χ1v) is 6.04. The van der Waals surface area contributed by atoms with Gasteiger partial charge in [0.05, 0.1) is 12.6 Å². The molecule has 0 aliphatic heterocycles. The molecule has 18 heavy (non-hydrogen) atoms. The summed E-state index contributed by atoms with van der Waals surface area (Å²) in [4.78, 5) is 4.36. The summed E-state index contributed by atoms with van der Waals surface area (Å²) in [6, 6.07) is 12.1. The van der Waals surface area contributed by atoms with Crippen molar-refractivity contribution in [3.05, 3.63) is 42.7 Å². The molecule has 1 atom stereocenters. The van der Waals surface area contributed by atoms with Gasteiger partial charge in [-0.05, 0) is 6.54 Å². The molecule has 0 saturated carbocycles. The molecule has 2 rings (SSSR count). The van der Waals surface area contributed by atoms with Gasteiger partial charge < -0.3 is 9.88 Å². The van der Waals surface area contributed by atoms with Crippen LogP contribution in [-0.4, -0.2) is 22.1 Å². The largest absolute Gasteiger partial charge is 0.328 e. The van der Waals surface area contributed by atoms with Gasteiger partial charge >= 0.3 is 0 Å². The Balaban J connectivity index is 2.21. The van der Waals surface area contributed by atoms with Crippen molar-refractivity contribution in [2.24, 2.45) is 0 Å². The molecule has 1 N–H and O–H groups in total. The van der Waals surface area contributed by atoms with Crippen molar-refractivity contribution in [3.8, 4) is 17.5 Å². The van der Waals surface area contributed by atoms with Crippen LogP contribution in [0.15, 0.2) is 42.7 Å². The van der Waals surface area contributed by atoms with Gasteiger partial charge in [0.1, 0.15) is 11.9 Å². The fourth-order valence-corrected chi connectivity index (χ4v) is 1.90. The van der Waals surface area contributed by atoms with E-state index >= 15 is 0 Å². The van der Waals surface area contributed by atoms with Crippen LogP contribution >= 0.6 is 0 Å². The van der Waals surface area contributed by atoms with E-state index in [-0.39, 0.29) is 6.04 Å². The standard InChI is InChI=1S/C14H16N4/c1-2-16-13(10-15)11-18-9-8-17-14(18)12-6-4-3-5-7-12/h3-9,13,16H,2,11H2,1H3. The first-order chi connectivity index (χ1) is 8.85. The molecule has 0 amide bonds. The Kier molecular flexibility index (Phi) is 4.11. The highest BCUT2D eigenvalue weighted by atomic mass is 15.1. The maximum atomic E-state index is 9.07. The summed E-state index contributed by atoms with van der Waals surface area (Å²) >= 11 is 0. The monoisotopic (exact) mass is 240 g/mol. The molecular weight excluding hydrogens is 224 g/mol. The Bertz CT molecular complexity index is 524. The number of nitrogens with one attached hydrogen (secondary N) is 1. The summed E-state index contributed by atoms with van der Waals surface area (Å²) in [5.74, 6) is 0.897. The van der Waals surface area contributed by atoms with Gasteiger partial charge in [-0.1, -0.05) is 37.3 Å². The number of hydrogen-bond donors (Lipinski definition) is 1. The van der Waals surface area contributed by atoms with E-state index in [1.165, 1.54) is 0 Å². The summed E-state index contributed by atoms with van der Waals surface area (Å²) in [5, 5.41) is 12.2. The van der Waals surface area contributed by atoms with Gasteiger partial charge in [-0.25, -0.2) is 4.98 Å². The number of rotatable bonds is 5. The van der Waals surface area contributed by atoms with Gasteiger partial charge in [0.2, 0.25) is 0 Å². The van der Waals surface area contributed by atoms with Crippen LogP contribution in [0.2, 0.25) is 0 Å². The fourth-order valence-electron chi connectivity index (χ4n) is 1.90. The average molecular weight is 240 g/mol. The minimum Gasteiger partial charge on any atom is -0.328 e. The van der Waals surface area contributed by atoms with Crippen molar-refractivity contribution in [3.63, 3.8) is 0 Å². The minimum absolute atomic E-state index is 0.188. The second kappa shape index (κ2) is 5.99. The van der Waals surface area contributed by atoms with Crippen LogP contribution in [0.3, 0.4) is 0 Å². The Labute approximate surface area is 107 Å². The maximum Gasteiger partial charge on any atom is 0.139 e. The van der Waals surface area contributed by atoms with Gasteiger partial charge in [-0.2, -0.15) is 5.26 Å². The second-order valence-corrected chi connectivity index (χ2v) is 4.01. The van der Waals surface area contributed by atoms with E-state index < -0.39 is 0 Å². The zero-order valence-electron chi connectivity index (χ0n) is 10.4. The lowest BCUT2D eigenvalue weighted by molar-refractivity contribution is 0.539. The van der Waals surface area contributed by atoms with Crippen molar-refractivity contribution in [1.82, 2.24) is 14.9 Å². The third-order valence-corrected chi connectivity index (χ3v) is 2.73. The number of nitriles is 1. The predicted octanol–water partition coefficient (Wildman–Crippen LogP) is 2.05. The van der Waals surface area contributed by atoms with Crippen molar-refractivity contribution in [1.29, 1.82) is 5.26 Å². The molecular formula is C14H16N4. The minimum atomic E-state index is -0.188. The molecule has 4 nitrogen and oxygen atoms in total. The number of benzene rings is 1. The Morgan fingerprint density at radius 1 is 1.39 bits per heavy atom. The molecule has 0 radical (unpaired) electrons. The molecule has 0 spiro atoms. The molecule has 1 aromatic carbocycles. The van der Waals surface area contributed by atoms with E-state index in [0.29, 0.717) is 6.54 Å². The molecule has 0 saturated heterocycles. The van der Waals surface area contributed by atoms with Crippen LogP contribution in [0.1, 0.15) is 6.92 Å². The summed E-state index contributed by atoms with van der Waals surface area (Å²) in [6.45, 7) is 3.39. The van der Waals surface area contributed by atoms with E-state index in [1.807, 2.05) is 48.0 Å². The molecule has 0 aliphatic rings. The van der Waals surface area contributed by atoms with Crippen molar-refractivity contribution >= 4 is 0 Å². The molecule has 2 aromatic rings. The summed E-state index contributed by atoms with van der Waals surface area (Å²) in [7, 11) is 0. The fraction of sp³-hybridized carbons (Fsp3) is 0.286. The SMILES string of the molecule is CCNC(C#N)Cn1ccnc1-c1ccccc1. The smallest absolute Gasteiger partial charge is 0.139 e. The summed E-state index contributed by atoms with van der Waals surface area (Å²) in [6.07, 6.45) is 3.67. The van der Waals surface area contributed by atoms with Gasteiger partial charge in [0.25, 0.3) is 0 Å². The highest BCUT2D eigenvalue weighted by molar-refractivity contribution is 5.55. The second-order valence-electron chi connectivity index (χ2n) is 4.01. The number of nitrogens with zero attached hydrogens (tertiary/aromatic N) is 3. The van der Waals surface area contributed by atoms with Gasteiger partial charge in [-0.3, -0.25) is 0 Å². The van der Waals surface area contributed by atoms with Gasteiger partial charge in [-0.15, -0.1) is 0 Å². The lowest BCUT2D eigenvalue weighted by Crippen LogP contribution is -2.31. The van der Waals surface area contributed by atoms with E-state index in [1.54, 1.807) is 6.20 Å². The summed E-state index contributed by atoms with van der Waals surface area (Å²) < 4.78 is 2.01. The van der Waals surface area contributed by atoms with Gasteiger partial charge in [0, 0.05) is 18.0 Å². The van der Waals surface area contributed by atoms with Crippen LogP contribution in [0.5, 0.6) is 0 Å². The summed E-state index contributed by atoms with van der Waals surface area (Å²) in [5.41, 5.74) is 1.07. The number of hydrogen-bond acceptors (Lipinski definition) is 3. The highest BCUT2D eigenvalue weighted by Gasteiger charge is 2.10. The predicted molar refractivity (Wildman–Crippen MR) is 70.7 cm³/mol. The van der Waals surface area contributed by atoms with Crippen LogP contribution in [0.4, 0.5) is 0 Å². The third-order valence-electron chi connectivity index (χ3n) is 2.73. The number of aromatic nitrogens is 2. The Morgan fingerprint density at radius 3 is 2.83 bits per heavy atom. The normalized spacial score (nSPS) is 12.0. The Hall–Kier alpha value is -2.12. The van der Waals surface area contributed by atoms with Crippen LogP contribution < -0.4 is 5.32 Å².